The first-order valence-electron chi connectivity index (χ1n) is 7.14. The molecule has 0 aromatic rings. The lowest BCUT2D eigenvalue weighted by Crippen LogP contribution is -2.51. The summed E-state index contributed by atoms with van der Waals surface area (Å²) in [7, 11) is 0. The highest BCUT2D eigenvalue weighted by Crippen LogP contribution is 2.32. The Morgan fingerprint density at radius 1 is 1.37 bits per heavy atom. The van der Waals surface area contributed by atoms with Gasteiger partial charge < -0.3 is 15.2 Å². The minimum Gasteiger partial charge on any atom is -0.481 e. The number of ether oxygens (including phenoxy) is 1. The van der Waals surface area contributed by atoms with E-state index in [1.165, 1.54) is 0 Å². The average molecular weight is 271 g/mol. The fourth-order valence-corrected chi connectivity index (χ4v) is 2.53. The van der Waals surface area contributed by atoms with Crippen molar-refractivity contribution in [2.24, 2.45) is 0 Å². The van der Waals surface area contributed by atoms with Gasteiger partial charge in [-0.2, -0.15) is 0 Å². The lowest BCUT2D eigenvalue weighted by molar-refractivity contribution is -0.140. The molecule has 1 rings (SSSR count). The van der Waals surface area contributed by atoms with E-state index in [0.717, 1.165) is 38.5 Å². The molecule has 2 N–H and O–H groups in total. The molecule has 5 nitrogen and oxygen atoms in total. The van der Waals surface area contributed by atoms with Crippen LogP contribution in [-0.4, -0.2) is 35.2 Å². The number of carboxylic acids is 1. The van der Waals surface area contributed by atoms with Crippen molar-refractivity contribution >= 4 is 11.9 Å². The summed E-state index contributed by atoms with van der Waals surface area (Å²) in [6, 6.07) is 0. The van der Waals surface area contributed by atoms with Crippen molar-refractivity contribution in [3.8, 4) is 0 Å². The molecule has 0 aromatic carbocycles. The van der Waals surface area contributed by atoms with Gasteiger partial charge in [0.15, 0.2) is 0 Å². The molecule has 0 spiro atoms. The van der Waals surface area contributed by atoms with Gasteiger partial charge in [0, 0.05) is 6.61 Å². The number of hydrogen-bond donors (Lipinski definition) is 2. The number of carbonyl (C=O) groups is 2. The largest absolute Gasteiger partial charge is 0.481 e. The zero-order chi connectivity index (χ0) is 14.3. The van der Waals surface area contributed by atoms with Gasteiger partial charge in [0.2, 0.25) is 5.91 Å². The standard InChI is InChI=1S/C14H25NO4/c1-3-4-9-19-11(2)13(18)15-14(10-12(16)17)7-5-6-8-14/h11H,3-10H2,1-2H3,(H,15,18)(H,16,17). The van der Waals surface area contributed by atoms with Crippen LogP contribution in [0, 0.1) is 0 Å². The minimum atomic E-state index is -0.859. The third-order valence-electron chi connectivity index (χ3n) is 3.67. The zero-order valence-electron chi connectivity index (χ0n) is 11.9. The highest BCUT2D eigenvalue weighted by molar-refractivity contribution is 5.82. The smallest absolute Gasteiger partial charge is 0.305 e. The van der Waals surface area contributed by atoms with Crippen molar-refractivity contribution < 1.29 is 19.4 Å². The topological polar surface area (TPSA) is 75.6 Å². The lowest BCUT2D eigenvalue weighted by Gasteiger charge is -2.30. The normalized spacial score (nSPS) is 19.1. The Hall–Kier alpha value is -1.10. The van der Waals surface area contributed by atoms with Crippen molar-refractivity contribution in [3.05, 3.63) is 0 Å². The van der Waals surface area contributed by atoms with E-state index >= 15 is 0 Å². The third-order valence-corrected chi connectivity index (χ3v) is 3.67. The molecule has 5 heteroatoms. The average Bonchev–Trinajstić information content (AvgIpc) is 2.76. The van der Waals surface area contributed by atoms with Crippen molar-refractivity contribution in [2.75, 3.05) is 6.61 Å². The first-order valence-corrected chi connectivity index (χ1v) is 7.14. The Morgan fingerprint density at radius 2 is 2.00 bits per heavy atom. The first-order chi connectivity index (χ1) is 8.99. The summed E-state index contributed by atoms with van der Waals surface area (Å²) >= 11 is 0. The van der Waals surface area contributed by atoms with Gasteiger partial charge in [-0.05, 0) is 26.2 Å². The Balaban J connectivity index is 2.49. The second-order valence-corrected chi connectivity index (χ2v) is 5.41. The maximum atomic E-state index is 12.1. The van der Waals surface area contributed by atoms with E-state index in [0.29, 0.717) is 6.61 Å². The van der Waals surface area contributed by atoms with E-state index in [2.05, 4.69) is 12.2 Å². The van der Waals surface area contributed by atoms with Gasteiger partial charge in [0.25, 0.3) is 0 Å². The van der Waals surface area contributed by atoms with Gasteiger partial charge in [-0.1, -0.05) is 26.2 Å². The van der Waals surface area contributed by atoms with Crippen LogP contribution in [0.4, 0.5) is 0 Å². The van der Waals surface area contributed by atoms with Gasteiger partial charge in [-0.3, -0.25) is 9.59 Å². The molecular formula is C14H25NO4. The summed E-state index contributed by atoms with van der Waals surface area (Å²) in [6.45, 7) is 4.35. The third kappa shape index (κ3) is 5.19. The summed E-state index contributed by atoms with van der Waals surface area (Å²) in [5.74, 6) is -1.05. The Morgan fingerprint density at radius 3 is 2.53 bits per heavy atom. The molecule has 0 radical (unpaired) electrons. The highest BCUT2D eigenvalue weighted by Gasteiger charge is 2.38. The van der Waals surface area contributed by atoms with Crippen molar-refractivity contribution in [1.82, 2.24) is 5.32 Å². The van der Waals surface area contributed by atoms with Gasteiger partial charge in [0.05, 0.1) is 12.0 Å². The van der Waals surface area contributed by atoms with E-state index in [-0.39, 0.29) is 12.3 Å². The molecule has 1 atom stereocenters. The van der Waals surface area contributed by atoms with Crippen LogP contribution in [0.1, 0.15) is 58.8 Å². The Kier molecular flexibility index (Phi) is 6.28. The van der Waals surface area contributed by atoms with Crippen LogP contribution in [0.5, 0.6) is 0 Å². The summed E-state index contributed by atoms with van der Waals surface area (Å²) in [5.41, 5.74) is -0.564. The summed E-state index contributed by atoms with van der Waals surface area (Å²) in [4.78, 5) is 23.0. The van der Waals surface area contributed by atoms with E-state index in [4.69, 9.17) is 9.84 Å². The zero-order valence-corrected chi connectivity index (χ0v) is 11.9. The van der Waals surface area contributed by atoms with Crippen LogP contribution in [-0.2, 0) is 14.3 Å². The molecule has 19 heavy (non-hydrogen) atoms. The lowest BCUT2D eigenvalue weighted by atomic mass is 9.93. The summed E-state index contributed by atoms with van der Waals surface area (Å²) < 4.78 is 5.44. The predicted molar refractivity (Wildman–Crippen MR) is 71.9 cm³/mol. The fourth-order valence-electron chi connectivity index (χ4n) is 2.53. The number of aliphatic carboxylic acids is 1. The van der Waals surface area contributed by atoms with Crippen LogP contribution in [0.3, 0.4) is 0 Å². The van der Waals surface area contributed by atoms with Crippen molar-refractivity contribution in [1.29, 1.82) is 0 Å². The predicted octanol–water partition coefficient (Wildman–Crippen LogP) is 2.10. The van der Waals surface area contributed by atoms with Gasteiger partial charge in [-0.25, -0.2) is 0 Å². The molecule has 110 valence electrons. The number of rotatable bonds is 8. The number of amides is 1. The number of carboxylic acid groups (broad SMARTS) is 1. The van der Waals surface area contributed by atoms with Crippen molar-refractivity contribution in [3.63, 3.8) is 0 Å². The maximum absolute atomic E-state index is 12.1. The van der Waals surface area contributed by atoms with E-state index in [1.54, 1.807) is 6.92 Å². The SMILES string of the molecule is CCCCOC(C)C(=O)NC1(CC(=O)O)CCCC1. The molecule has 0 aromatic heterocycles. The number of nitrogens with one attached hydrogen (secondary N) is 1. The van der Waals surface area contributed by atoms with E-state index in [1.807, 2.05) is 0 Å². The molecule has 1 saturated carbocycles. The van der Waals surface area contributed by atoms with Crippen LogP contribution in [0.2, 0.25) is 0 Å². The number of carbonyl (C=O) groups excluding carboxylic acids is 1. The molecule has 1 aliphatic rings. The quantitative estimate of drug-likeness (QED) is 0.663. The van der Waals surface area contributed by atoms with Gasteiger partial charge in [-0.15, -0.1) is 0 Å². The van der Waals surface area contributed by atoms with Crippen molar-refractivity contribution in [2.45, 2.75) is 70.4 Å². The first kappa shape index (κ1) is 16.0. The molecule has 1 unspecified atom stereocenters. The Bertz CT molecular complexity index is 311. The molecule has 0 saturated heterocycles. The van der Waals surface area contributed by atoms with E-state index in [9.17, 15) is 9.59 Å². The fraction of sp³-hybridized carbons (Fsp3) is 0.857. The molecule has 0 bridgehead atoms. The highest BCUT2D eigenvalue weighted by atomic mass is 16.5. The molecular weight excluding hydrogens is 246 g/mol. The maximum Gasteiger partial charge on any atom is 0.305 e. The summed E-state index contributed by atoms with van der Waals surface area (Å²) in [6.07, 6.45) is 4.87. The van der Waals surface area contributed by atoms with Gasteiger partial charge >= 0.3 is 5.97 Å². The molecule has 1 aliphatic carbocycles. The number of hydrogen-bond acceptors (Lipinski definition) is 3. The Labute approximate surface area is 114 Å². The van der Waals surface area contributed by atoms with Crippen LogP contribution >= 0.6 is 0 Å². The second kappa shape index (κ2) is 7.48. The monoisotopic (exact) mass is 271 g/mol. The number of unbranched alkanes of at least 4 members (excludes halogenated alkanes) is 1. The minimum absolute atomic E-state index is 0.000417. The van der Waals surface area contributed by atoms with Crippen LogP contribution < -0.4 is 5.32 Å². The molecule has 1 amide bonds. The summed E-state index contributed by atoms with van der Waals surface area (Å²) in [5, 5.41) is 11.9. The van der Waals surface area contributed by atoms with E-state index < -0.39 is 17.6 Å². The molecule has 0 heterocycles. The second-order valence-electron chi connectivity index (χ2n) is 5.41. The molecule has 0 aliphatic heterocycles. The van der Waals surface area contributed by atoms with Crippen LogP contribution in [0.25, 0.3) is 0 Å². The molecule has 1 fully saturated rings. The van der Waals surface area contributed by atoms with Gasteiger partial charge in [0.1, 0.15) is 6.10 Å². The van der Waals surface area contributed by atoms with Crippen LogP contribution in [0.15, 0.2) is 0 Å².